The van der Waals surface area contributed by atoms with Crippen molar-refractivity contribution in [2.45, 2.75) is 25.6 Å². The zero-order valence-corrected chi connectivity index (χ0v) is 13.3. The van der Waals surface area contributed by atoms with Gasteiger partial charge in [-0.25, -0.2) is 12.7 Å². The molecule has 2 heterocycles. The summed E-state index contributed by atoms with van der Waals surface area (Å²) in [5, 5.41) is 0. The van der Waals surface area contributed by atoms with Crippen molar-refractivity contribution in [2.24, 2.45) is 5.92 Å². The third-order valence-corrected chi connectivity index (χ3v) is 6.01. The van der Waals surface area contributed by atoms with Gasteiger partial charge in [0.2, 0.25) is 10.0 Å². The Morgan fingerprint density at radius 1 is 1.15 bits per heavy atom. The number of hydrogen-bond acceptors (Lipinski definition) is 5. The van der Waals surface area contributed by atoms with E-state index in [1.165, 1.54) is 4.31 Å². The van der Waals surface area contributed by atoms with Crippen LogP contribution in [0.15, 0.2) is 0 Å². The Labute approximate surface area is 122 Å². The number of sulfonamides is 1. The van der Waals surface area contributed by atoms with Crippen LogP contribution in [0.5, 0.6) is 0 Å². The lowest BCUT2D eigenvalue weighted by molar-refractivity contribution is -0.0973. The summed E-state index contributed by atoms with van der Waals surface area (Å²) in [6.45, 7) is 4.30. The Balaban J connectivity index is 1.64. The summed E-state index contributed by atoms with van der Waals surface area (Å²) in [6, 6.07) is 0. The fraction of sp³-hybridized carbons (Fsp3) is 1.00. The van der Waals surface area contributed by atoms with Gasteiger partial charge in [-0.3, -0.25) is 0 Å². The van der Waals surface area contributed by atoms with E-state index in [4.69, 9.17) is 9.47 Å². The van der Waals surface area contributed by atoms with Gasteiger partial charge in [-0.15, -0.1) is 0 Å². The fourth-order valence-corrected chi connectivity index (χ4v) is 3.61. The van der Waals surface area contributed by atoms with Gasteiger partial charge in [0, 0.05) is 20.0 Å². The molecule has 0 aromatic heterocycles. The summed E-state index contributed by atoms with van der Waals surface area (Å²) >= 11 is 0. The third-order valence-electron chi connectivity index (χ3n) is 4.10. The first-order valence-electron chi connectivity index (χ1n) is 7.35. The van der Waals surface area contributed by atoms with E-state index in [-0.39, 0.29) is 12.0 Å². The number of nitrogens with zero attached hydrogens (tertiary/aromatic N) is 2. The van der Waals surface area contributed by atoms with Gasteiger partial charge in [-0.1, -0.05) is 0 Å². The van der Waals surface area contributed by atoms with Gasteiger partial charge in [0.1, 0.15) is 0 Å². The highest BCUT2D eigenvalue weighted by atomic mass is 32.2. The van der Waals surface area contributed by atoms with Crippen molar-refractivity contribution in [1.29, 1.82) is 0 Å². The van der Waals surface area contributed by atoms with Crippen LogP contribution in [-0.2, 0) is 19.5 Å². The Morgan fingerprint density at radius 3 is 2.30 bits per heavy atom. The molecule has 0 radical (unpaired) electrons. The van der Waals surface area contributed by atoms with E-state index in [0.717, 1.165) is 32.5 Å². The maximum Gasteiger partial charge on any atom is 0.213 e. The van der Waals surface area contributed by atoms with E-state index in [0.29, 0.717) is 25.6 Å². The highest BCUT2D eigenvalue weighted by Crippen LogP contribution is 2.25. The van der Waals surface area contributed by atoms with Crippen LogP contribution >= 0.6 is 0 Å². The molecule has 2 rings (SSSR count). The van der Waals surface area contributed by atoms with Crippen LogP contribution in [-0.4, -0.2) is 76.6 Å². The lowest BCUT2D eigenvalue weighted by atomic mass is 9.96. The molecule has 0 amide bonds. The average molecular weight is 306 g/mol. The molecule has 7 heteroatoms. The second-order valence-corrected chi connectivity index (χ2v) is 8.04. The minimum absolute atomic E-state index is 0.00808. The Kier molecular flexibility index (Phi) is 5.80. The molecular weight excluding hydrogens is 280 g/mol. The first kappa shape index (κ1) is 16.2. The molecule has 0 aromatic carbocycles. The molecular formula is C13H26N2O4S. The van der Waals surface area contributed by atoms with Crippen LogP contribution < -0.4 is 0 Å². The zero-order chi connectivity index (χ0) is 14.6. The maximum atomic E-state index is 11.7. The molecule has 0 aliphatic carbocycles. The Morgan fingerprint density at radius 2 is 1.75 bits per heavy atom. The first-order chi connectivity index (χ1) is 9.49. The van der Waals surface area contributed by atoms with Gasteiger partial charge in [0.05, 0.1) is 19.0 Å². The maximum absolute atomic E-state index is 11.7. The second kappa shape index (κ2) is 7.17. The molecule has 0 unspecified atom stereocenters. The molecule has 2 saturated heterocycles. The first-order valence-corrected chi connectivity index (χ1v) is 8.96. The standard InChI is InChI=1S/C13H26N2O4S/c1-14(2)20(16,17)11-3-6-15-7-4-12(5-8-15)13-18-9-10-19-13/h12-13H,3-11H2,1-2H3. The van der Waals surface area contributed by atoms with E-state index >= 15 is 0 Å². The van der Waals surface area contributed by atoms with Gasteiger partial charge in [-0.2, -0.15) is 0 Å². The van der Waals surface area contributed by atoms with Crippen molar-refractivity contribution in [3.63, 3.8) is 0 Å². The topological polar surface area (TPSA) is 59.1 Å². The molecule has 0 spiro atoms. The monoisotopic (exact) mass is 306 g/mol. The molecule has 0 aromatic rings. The van der Waals surface area contributed by atoms with Crippen LogP contribution in [0.1, 0.15) is 19.3 Å². The summed E-state index contributed by atoms with van der Waals surface area (Å²) < 4.78 is 35.8. The predicted octanol–water partition coefficient (Wildman–Crippen LogP) is 0.353. The summed E-state index contributed by atoms with van der Waals surface area (Å²) in [5.41, 5.74) is 0. The second-order valence-electron chi connectivity index (χ2n) is 5.74. The number of piperidine rings is 1. The average Bonchev–Trinajstić information content (AvgIpc) is 2.93. The van der Waals surface area contributed by atoms with Gasteiger partial charge < -0.3 is 14.4 Å². The summed E-state index contributed by atoms with van der Waals surface area (Å²) in [4.78, 5) is 2.34. The van der Waals surface area contributed by atoms with Crippen molar-refractivity contribution < 1.29 is 17.9 Å². The van der Waals surface area contributed by atoms with Gasteiger partial charge in [0.15, 0.2) is 6.29 Å². The van der Waals surface area contributed by atoms with Gasteiger partial charge in [0.25, 0.3) is 0 Å². The largest absolute Gasteiger partial charge is 0.350 e. The van der Waals surface area contributed by atoms with E-state index in [1.807, 2.05) is 0 Å². The highest BCUT2D eigenvalue weighted by molar-refractivity contribution is 7.89. The van der Waals surface area contributed by atoms with Crippen LogP contribution in [0.2, 0.25) is 0 Å². The normalized spacial score (nSPS) is 23.8. The Hall–Kier alpha value is -0.210. The van der Waals surface area contributed by atoms with E-state index in [9.17, 15) is 8.42 Å². The molecule has 0 atom stereocenters. The number of rotatable bonds is 6. The lowest BCUT2D eigenvalue weighted by Crippen LogP contribution is -2.39. The molecule has 2 aliphatic rings. The smallest absolute Gasteiger partial charge is 0.213 e. The van der Waals surface area contributed by atoms with Crippen molar-refractivity contribution >= 4 is 10.0 Å². The van der Waals surface area contributed by atoms with Crippen LogP contribution in [0.25, 0.3) is 0 Å². The number of likely N-dealkylation sites (tertiary alicyclic amines) is 1. The molecule has 2 fully saturated rings. The molecule has 2 aliphatic heterocycles. The molecule has 0 N–H and O–H groups in total. The predicted molar refractivity (Wildman–Crippen MR) is 76.9 cm³/mol. The third kappa shape index (κ3) is 4.39. The minimum Gasteiger partial charge on any atom is -0.350 e. The molecule has 0 bridgehead atoms. The summed E-state index contributed by atoms with van der Waals surface area (Å²) in [5.74, 6) is 0.730. The van der Waals surface area contributed by atoms with Crippen LogP contribution in [0.4, 0.5) is 0 Å². The molecule has 0 saturated carbocycles. The van der Waals surface area contributed by atoms with E-state index in [2.05, 4.69) is 4.90 Å². The van der Waals surface area contributed by atoms with E-state index in [1.54, 1.807) is 14.1 Å². The van der Waals surface area contributed by atoms with Crippen molar-refractivity contribution in [3.05, 3.63) is 0 Å². The van der Waals surface area contributed by atoms with Crippen molar-refractivity contribution in [2.75, 3.05) is 52.7 Å². The summed E-state index contributed by atoms with van der Waals surface area (Å²) in [7, 11) is 0.115. The fourth-order valence-electron chi connectivity index (χ4n) is 2.75. The number of hydrogen-bond donors (Lipinski definition) is 0. The van der Waals surface area contributed by atoms with Crippen LogP contribution in [0, 0.1) is 5.92 Å². The SMILES string of the molecule is CN(C)S(=O)(=O)CCCN1CCC(C2OCCO2)CC1. The zero-order valence-electron chi connectivity index (χ0n) is 12.5. The van der Waals surface area contributed by atoms with Crippen molar-refractivity contribution in [1.82, 2.24) is 9.21 Å². The molecule has 118 valence electrons. The van der Waals surface area contributed by atoms with Crippen LogP contribution in [0.3, 0.4) is 0 Å². The highest BCUT2D eigenvalue weighted by Gasteiger charge is 2.30. The van der Waals surface area contributed by atoms with Gasteiger partial charge in [-0.05, 0) is 38.9 Å². The van der Waals surface area contributed by atoms with E-state index < -0.39 is 10.0 Å². The lowest BCUT2D eigenvalue weighted by Gasteiger charge is -2.33. The molecule has 6 nitrogen and oxygen atoms in total. The van der Waals surface area contributed by atoms with Gasteiger partial charge >= 0.3 is 0 Å². The minimum atomic E-state index is -3.06. The summed E-state index contributed by atoms with van der Waals surface area (Å²) in [6.07, 6.45) is 2.84. The van der Waals surface area contributed by atoms with Crippen molar-refractivity contribution in [3.8, 4) is 0 Å². The Bertz CT molecular complexity index is 385. The number of ether oxygens (including phenoxy) is 2. The quantitative estimate of drug-likeness (QED) is 0.709. The molecule has 20 heavy (non-hydrogen) atoms.